The molecular formula is C17H19NO. The Balaban J connectivity index is 1.54. The molecule has 1 N–H and O–H groups in total. The largest absolute Gasteiger partial charge is 0.497 e. The van der Waals surface area contributed by atoms with Crippen LogP contribution in [0.5, 0.6) is 5.75 Å². The van der Waals surface area contributed by atoms with Crippen LogP contribution >= 0.6 is 0 Å². The van der Waals surface area contributed by atoms with Crippen LogP contribution in [0.4, 0.5) is 0 Å². The molecule has 0 amide bonds. The molecule has 0 radical (unpaired) electrons. The van der Waals surface area contributed by atoms with Crippen molar-refractivity contribution in [3.8, 4) is 5.75 Å². The summed E-state index contributed by atoms with van der Waals surface area (Å²) in [5, 5.41) is 3.62. The lowest BCUT2D eigenvalue weighted by Crippen LogP contribution is -2.17. The van der Waals surface area contributed by atoms with Crippen molar-refractivity contribution < 1.29 is 4.74 Å². The number of benzene rings is 2. The molecule has 1 saturated carbocycles. The zero-order chi connectivity index (χ0) is 13.1. The summed E-state index contributed by atoms with van der Waals surface area (Å²) in [6.07, 6.45) is 1.24. The number of hydrogen-bond donors (Lipinski definition) is 1. The first kappa shape index (κ1) is 12.2. The topological polar surface area (TPSA) is 21.3 Å². The Kier molecular flexibility index (Phi) is 3.51. The summed E-state index contributed by atoms with van der Waals surface area (Å²) in [5.41, 5.74) is 2.73. The number of rotatable bonds is 5. The van der Waals surface area contributed by atoms with Crippen LogP contribution in [0.2, 0.25) is 0 Å². The molecule has 2 heteroatoms. The SMILES string of the molecule is COc1cccc(CN[C@@H]2C[C@H]2c2ccccc2)c1. The van der Waals surface area contributed by atoms with Crippen LogP contribution < -0.4 is 10.1 Å². The summed E-state index contributed by atoms with van der Waals surface area (Å²) >= 11 is 0. The summed E-state index contributed by atoms with van der Waals surface area (Å²) in [4.78, 5) is 0. The highest BCUT2D eigenvalue weighted by Gasteiger charge is 2.37. The third kappa shape index (κ3) is 2.96. The molecule has 0 saturated heterocycles. The Morgan fingerprint density at radius 3 is 2.74 bits per heavy atom. The van der Waals surface area contributed by atoms with Crippen molar-refractivity contribution in [2.24, 2.45) is 0 Å². The van der Waals surface area contributed by atoms with Crippen molar-refractivity contribution in [2.75, 3.05) is 7.11 Å². The first-order valence-electron chi connectivity index (χ1n) is 6.78. The predicted molar refractivity (Wildman–Crippen MR) is 77.4 cm³/mol. The van der Waals surface area contributed by atoms with Gasteiger partial charge in [0.2, 0.25) is 0 Å². The van der Waals surface area contributed by atoms with E-state index >= 15 is 0 Å². The minimum absolute atomic E-state index is 0.619. The van der Waals surface area contributed by atoms with Gasteiger partial charge in [-0.1, -0.05) is 42.5 Å². The molecule has 0 bridgehead atoms. The Morgan fingerprint density at radius 1 is 1.11 bits per heavy atom. The summed E-state index contributed by atoms with van der Waals surface area (Å²) in [5.74, 6) is 1.61. The van der Waals surface area contributed by atoms with E-state index in [-0.39, 0.29) is 0 Å². The third-order valence-corrected chi connectivity index (χ3v) is 3.72. The minimum Gasteiger partial charge on any atom is -0.497 e. The predicted octanol–water partition coefficient (Wildman–Crippen LogP) is 3.34. The van der Waals surface area contributed by atoms with Gasteiger partial charge in [-0.2, -0.15) is 0 Å². The van der Waals surface area contributed by atoms with Gasteiger partial charge in [0.15, 0.2) is 0 Å². The highest BCUT2D eigenvalue weighted by molar-refractivity contribution is 5.30. The van der Waals surface area contributed by atoms with E-state index in [1.807, 2.05) is 12.1 Å². The van der Waals surface area contributed by atoms with Gasteiger partial charge in [-0.15, -0.1) is 0 Å². The molecule has 0 aromatic heterocycles. The summed E-state index contributed by atoms with van der Waals surface area (Å²) in [7, 11) is 1.71. The van der Waals surface area contributed by atoms with Crippen LogP contribution in [0.15, 0.2) is 54.6 Å². The van der Waals surface area contributed by atoms with Crippen LogP contribution in [-0.2, 0) is 6.54 Å². The smallest absolute Gasteiger partial charge is 0.119 e. The number of methoxy groups -OCH3 is 1. The fraction of sp³-hybridized carbons (Fsp3) is 0.294. The van der Waals surface area contributed by atoms with Gasteiger partial charge < -0.3 is 10.1 Å². The Labute approximate surface area is 114 Å². The average molecular weight is 253 g/mol. The van der Waals surface area contributed by atoms with Crippen molar-refractivity contribution in [2.45, 2.75) is 24.9 Å². The van der Waals surface area contributed by atoms with Gasteiger partial charge in [-0.3, -0.25) is 0 Å². The van der Waals surface area contributed by atoms with Crippen molar-refractivity contribution in [3.05, 3.63) is 65.7 Å². The molecule has 1 fully saturated rings. The maximum Gasteiger partial charge on any atom is 0.119 e. The van der Waals surface area contributed by atoms with Crippen molar-refractivity contribution >= 4 is 0 Å². The molecule has 2 aromatic rings. The average Bonchev–Trinajstić information content (AvgIpc) is 3.26. The standard InChI is InChI=1S/C17H19NO/c1-19-15-9-5-6-13(10-15)12-18-17-11-16(17)14-7-3-2-4-8-14/h2-10,16-18H,11-12H2,1H3/t16-,17+/m0/s1. The van der Waals surface area contributed by atoms with Gasteiger partial charge in [-0.25, -0.2) is 0 Å². The molecular weight excluding hydrogens is 234 g/mol. The fourth-order valence-corrected chi connectivity index (χ4v) is 2.52. The van der Waals surface area contributed by atoms with Crippen LogP contribution in [0.1, 0.15) is 23.5 Å². The van der Waals surface area contributed by atoms with Gasteiger partial charge in [-0.05, 0) is 29.7 Å². The minimum atomic E-state index is 0.619. The molecule has 0 spiro atoms. The van der Waals surface area contributed by atoms with Gasteiger partial charge in [0.05, 0.1) is 7.11 Å². The molecule has 19 heavy (non-hydrogen) atoms. The maximum atomic E-state index is 5.24. The van der Waals surface area contributed by atoms with E-state index in [2.05, 4.69) is 47.8 Å². The molecule has 2 atom stereocenters. The van der Waals surface area contributed by atoms with Crippen molar-refractivity contribution in [1.82, 2.24) is 5.32 Å². The lowest BCUT2D eigenvalue weighted by Gasteiger charge is -2.06. The normalized spacial score (nSPS) is 21.1. The quantitative estimate of drug-likeness (QED) is 0.882. The number of nitrogens with one attached hydrogen (secondary N) is 1. The molecule has 1 aliphatic rings. The highest BCUT2D eigenvalue weighted by atomic mass is 16.5. The van der Waals surface area contributed by atoms with Gasteiger partial charge in [0.1, 0.15) is 5.75 Å². The van der Waals surface area contributed by atoms with E-state index in [9.17, 15) is 0 Å². The lowest BCUT2D eigenvalue weighted by atomic mass is 10.1. The van der Waals surface area contributed by atoms with E-state index < -0.39 is 0 Å². The van der Waals surface area contributed by atoms with E-state index in [0.29, 0.717) is 12.0 Å². The Bertz CT molecular complexity index is 538. The third-order valence-electron chi connectivity index (χ3n) is 3.72. The van der Waals surface area contributed by atoms with Crippen LogP contribution in [0.3, 0.4) is 0 Å². The fourth-order valence-electron chi connectivity index (χ4n) is 2.52. The Hall–Kier alpha value is -1.80. The second-order valence-corrected chi connectivity index (χ2v) is 5.09. The Morgan fingerprint density at radius 2 is 1.95 bits per heavy atom. The zero-order valence-electron chi connectivity index (χ0n) is 11.2. The molecule has 0 heterocycles. The molecule has 98 valence electrons. The molecule has 0 unspecified atom stereocenters. The second-order valence-electron chi connectivity index (χ2n) is 5.09. The first-order chi connectivity index (χ1) is 9.36. The molecule has 0 aliphatic heterocycles. The van der Waals surface area contributed by atoms with E-state index in [4.69, 9.17) is 4.74 Å². The van der Waals surface area contributed by atoms with Crippen LogP contribution in [-0.4, -0.2) is 13.2 Å². The van der Waals surface area contributed by atoms with Crippen molar-refractivity contribution in [3.63, 3.8) is 0 Å². The summed E-state index contributed by atoms with van der Waals surface area (Å²) in [6, 6.07) is 19.6. The summed E-state index contributed by atoms with van der Waals surface area (Å²) in [6.45, 7) is 0.908. The summed E-state index contributed by atoms with van der Waals surface area (Å²) < 4.78 is 5.24. The van der Waals surface area contributed by atoms with Crippen LogP contribution in [0, 0.1) is 0 Å². The lowest BCUT2D eigenvalue weighted by molar-refractivity contribution is 0.414. The van der Waals surface area contributed by atoms with Gasteiger partial charge in [0.25, 0.3) is 0 Å². The van der Waals surface area contributed by atoms with E-state index in [1.165, 1.54) is 17.5 Å². The number of ether oxygens (including phenoxy) is 1. The zero-order valence-corrected chi connectivity index (χ0v) is 11.2. The number of hydrogen-bond acceptors (Lipinski definition) is 2. The molecule has 2 nitrogen and oxygen atoms in total. The molecule has 1 aliphatic carbocycles. The van der Waals surface area contributed by atoms with Gasteiger partial charge >= 0.3 is 0 Å². The van der Waals surface area contributed by atoms with E-state index in [0.717, 1.165) is 12.3 Å². The second kappa shape index (κ2) is 5.45. The highest BCUT2D eigenvalue weighted by Crippen LogP contribution is 2.40. The van der Waals surface area contributed by atoms with Gasteiger partial charge in [0, 0.05) is 18.5 Å². The maximum absolute atomic E-state index is 5.24. The molecule has 3 rings (SSSR count). The first-order valence-corrected chi connectivity index (χ1v) is 6.78. The van der Waals surface area contributed by atoms with Crippen molar-refractivity contribution in [1.29, 1.82) is 0 Å². The molecule has 2 aromatic carbocycles. The van der Waals surface area contributed by atoms with Crippen LogP contribution in [0.25, 0.3) is 0 Å². The van der Waals surface area contributed by atoms with E-state index in [1.54, 1.807) is 7.11 Å². The monoisotopic (exact) mass is 253 g/mol.